The summed E-state index contributed by atoms with van der Waals surface area (Å²) in [5, 5.41) is 40.7. The van der Waals surface area contributed by atoms with Crippen LogP contribution < -0.4 is 10.6 Å². The molecule has 0 aromatic heterocycles. The highest BCUT2D eigenvalue weighted by molar-refractivity contribution is 5.66. The molecule has 0 saturated heterocycles. The van der Waals surface area contributed by atoms with Gasteiger partial charge in [-0.25, -0.2) is 0 Å². The maximum absolute atomic E-state index is 10.2. The van der Waals surface area contributed by atoms with E-state index in [1.165, 1.54) is 0 Å². The summed E-state index contributed by atoms with van der Waals surface area (Å²) in [7, 11) is 0. The van der Waals surface area contributed by atoms with Crippen LogP contribution in [0.1, 0.15) is 25.7 Å². The molecule has 0 fully saturated rings. The van der Waals surface area contributed by atoms with E-state index in [9.17, 15) is 19.8 Å². The number of nitrogens with one attached hydrogen (secondary N) is 2. The Morgan fingerprint density at radius 1 is 0.833 bits per heavy atom. The van der Waals surface area contributed by atoms with Crippen molar-refractivity contribution in [1.29, 1.82) is 0 Å². The van der Waals surface area contributed by atoms with Crippen LogP contribution >= 0.6 is 0 Å². The van der Waals surface area contributed by atoms with Crippen molar-refractivity contribution in [1.82, 2.24) is 10.6 Å². The van der Waals surface area contributed by atoms with Crippen molar-refractivity contribution < 1.29 is 30.0 Å². The third kappa shape index (κ3) is 11.3. The Bertz CT molecular complexity index is 235. The maximum Gasteiger partial charge on any atom is 0.303 e. The summed E-state index contributed by atoms with van der Waals surface area (Å²) >= 11 is 0. The predicted molar refractivity (Wildman–Crippen MR) is 61.8 cm³/mol. The Morgan fingerprint density at radius 2 is 1.17 bits per heavy atom. The van der Waals surface area contributed by atoms with Crippen LogP contribution in [-0.4, -0.2) is 57.9 Å². The Hall–Kier alpha value is -1.22. The second-order valence-corrected chi connectivity index (χ2v) is 3.80. The minimum Gasteiger partial charge on any atom is -0.481 e. The van der Waals surface area contributed by atoms with Gasteiger partial charge in [-0.15, -0.1) is 0 Å². The fraction of sp³-hybridized carbons (Fsp3) is 0.800. The highest BCUT2D eigenvalue weighted by atomic mass is 16.4. The smallest absolute Gasteiger partial charge is 0.303 e. The van der Waals surface area contributed by atoms with Crippen molar-refractivity contribution in [3.05, 3.63) is 0 Å². The third-order valence-corrected chi connectivity index (χ3v) is 2.15. The van der Waals surface area contributed by atoms with Crippen LogP contribution in [0.5, 0.6) is 0 Å². The van der Waals surface area contributed by atoms with Gasteiger partial charge in [-0.3, -0.25) is 20.2 Å². The molecule has 0 aliphatic rings. The van der Waals surface area contributed by atoms with Gasteiger partial charge in [0, 0.05) is 25.9 Å². The van der Waals surface area contributed by atoms with Gasteiger partial charge in [0.25, 0.3) is 0 Å². The quantitative estimate of drug-likeness (QED) is 0.196. The Kier molecular flexibility index (Phi) is 9.11. The number of rotatable bonds is 11. The van der Waals surface area contributed by atoms with E-state index < -0.39 is 24.4 Å². The van der Waals surface area contributed by atoms with Crippen LogP contribution in [0.2, 0.25) is 0 Å². The topological polar surface area (TPSA) is 139 Å². The molecule has 0 amide bonds. The predicted octanol–water partition coefficient (Wildman–Crippen LogP) is -1.47. The molecule has 0 aliphatic heterocycles. The first-order chi connectivity index (χ1) is 8.41. The standard InChI is InChI=1S/C10H20N2O6/c13-7(1-3-9(15)16)11-5-6-12-8(14)2-4-10(17)18/h7-8,11-14H,1-6H2,(H,15,16)(H,17,18). The molecular formula is C10H20N2O6. The van der Waals surface area contributed by atoms with E-state index in [0.717, 1.165) is 0 Å². The van der Waals surface area contributed by atoms with E-state index in [0.29, 0.717) is 13.1 Å². The normalized spacial score (nSPS) is 14.1. The van der Waals surface area contributed by atoms with E-state index in [4.69, 9.17) is 10.2 Å². The lowest BCUT2D eigenvalue weighted by Gasteiger charge is -2.14. The van der Waals surface area contributed by atoms with Crippen molar-refractivity contribution in [3.63, 3.8) is 0 Å². The number of aliphatic hydroxyl groups is 2. The van der Waals surface area contributed by atoms with Crippen molar-refractivity contribution in [2.75, 3.05) is 13.1 Å². The fourth-order valence-corrected chi connectivity index (χ4v) is 1.20. The molecule has 0 bridgehead atoms. The van der Waals surface area contributed by atoms with E-state index in [1.54, 1.807) is 0 Å². The molecule has 0 spiro atoms. The van der Waals surface area contributed by atoms with Gasteiger partial charge < -0.3 is 20.4 Å². The zero-order valence-corrected chi connectivity index (χ0v) is 10.0. The van der Waals surface area contributed by atoms with Crippen LogP contribution in [0.3, 0.4) is 0 Å². The molecule has 0 aromatic carbocycles. The van der Waals surface area contributed by atoms with Gasteiger partial charge in [-0.1, -0.05) is 0 Å². The summed E-state index contributed by atoms with van der Waals surface area (Å²) in [6.07, 6.45) is -1.84. The van der Waals surface area contributed by atoms with Crippen LogP contribution in [0.15, 0.2) is 0 Å². The van der Waals surface area contributed by atoms with Gasteiger partial charge in [-0.05, 0) is 12.8 Å². The first kappa shape index (κ1) is 16.8. The summed E-state index contributed by atoms with van der Waals surface area (Å²) in [4.78, 5) is 20.4. The van der Waals surface area contributed by atoms with E-state index in [-0.39, 0.29) is 25.7 Å². The summed E-state index contributed by atoms with van der Waals surface area (Å²) in [5.74, 6) is -1.95. The lowest BCUT2D eigenvalue weighted by Crippen LogP contribution is -2.39. The minimum absolute atomic E-state index is 0.108. The molecule has 0 saturated carbocycles. The molecule has 0 radical (unpaired) electrons. The van der Waals surface area contributed by atoms with E-state index in [1.807, 2.05) is 0 Å². The summed E-state index contributed by atoms with van der Waals surface area (Å²) in [5.41, 5.74) is 0. The summed E-state index contributed by atoms with van der Waals surface area (Å²) < 4.78 is 0. The van der Waals surface area contributed by atoms with Gasteiger partial charge >= 0.3 is 11.9 Å². The van der Waals surface area contributed by atoms with Crippen molar-refractivity contribution >= 4 is 11.9 Å². The zero-order chi connectivity index (χ0) is 14.0. The van der Waals surface area contributed by atoms with Gasteiger partial charge in [-0.2, -0.15) is 0 Å². The largest absolute Gasteiger partial charge is 0.481 e. The van der Waals surface area contributed by atoms with Gasteiger partial charge in [0.1, 0.15) is 12.5 Å². The molecule has 0 heterocycles. The Balaban J connectivity index is 3.43. The lowest BCUT2D eigenvalue weighted by molar-refractivity contribution is -0.138. The van der Waals surface area contributed by atoms with Crippen LogP contribution in [0.4, 0.5) is 0 Å². The van der Waals surface area contributed by atoms with Crippen LogP contribution in [0.25, 0.3) is 0 Å². The van der Waals surface area contributed by atoms with E-state index >= 15 is 0 Å². The molecule has 0 aromatic rings. The van der Waals surface area contributed by atoms with E-state index in [2.05, 4.69) is 10.6 Å². The average Bonchev–Trinajstić information content (AvgIpc) is 2.29. The second-order valence-electron chi connectivity index (χ2n) is 3.80. The Morgan fingerprint density at radius 3 is 1.44 bits per heavy atom. The molecule has 2 unspecified atom stereocenters. The number of aliphatic carboxylic acids is 2. The van der Waals surface area contributed by atoms with Crippen LogP contribution in [0, 0.1) is 0 Å². The number of carboxylic acid groups (broad SMARTS) is 2. The molecule has 8 heteroatoms. The molecule has 8 nitrogen and oxygen atoms in total. The summed E-state index contributed by atoms with van der Waals surface area (Å²) in [6, 6.07) is 0. The monoisotopic (exact) mass is 264 g/mol. The number of carboxylic acids is 2. The first-order valence-electron chi connectivity index (χ1n) is 5.68. The van der Waals surface area contributed by atoms with Gasteiger partial charge in [0.2, 0.25) is 0 Å². The third-order valence-electron chi connectivity index (χ3n) is 2.15. The van der Waals surface area contributed by atoms with Crippen molar-refractivity contribution in [2.24, 2.45) is 0 Å². The number of aliphatic hydroxyl groups excluding tert-OH is 2. The maximum atomic E-state index is 10.2. The van der Waals surface area contributed by atoms with Crippen molar-refractivity contribution in [2.45, 2.75) is 38.1 Å². The summed E-state index contributed by atoms with van der Waals surface area (Å²) in [6.45, 7) is 0.676. The molecular weight excluding hydrogens is 244 g/mol. The fourth-order valence-electron chi connectivity index (χ4n) is 1.20. The highest BCUT2D eigenvalue weighted by Crippen LogP contribution is 1.94. The first-order valence-corrected chi connectivity index (χ1v) is 5.68. The second kappa shape index (κ2) is 9.77. The average molecular weight is 264 g/mol. The molecule has 18 heavy (non-hydrogen) atoms. The number of carbonyl (C=O) groups is 2. The molecule has 2 atom stereocenters. The molecule has 6 N–H and O–H groups in total. The molecule has 106 valence electrons. The highest BCUT2D eigenvalue weighted by Gasteiger charge is 2.08. The minimum atomic E-state index is -0.974. The number of hydrogen-bond acceptors (Lipinski definition) is 6. The SMILES string of the molecule is O=C(O)CCC(O)NCCNC(O)CCC(=O)O. The Labute approximate surface area is 105 Å². The zero-order valence-electron chi connectivity index (χ0n) is 10.0. The van der Waals surface area contributed by atoms with Crippen LogP contribution in [-0.2, 0) is 9.59 Å². The number of hydrogen-bond donors (Lipinski definition) is 6. The van der Waals surface area contributed by atoms with Gasteiger partial charge in [0.15, 0.2) is 0 Å². The molecule has 0 aliphatic carbocycles. The lowest BCUT2D eigenvalue weighted by atomic mass is 10.3. The van der Waals surface area contributed by atoms with Gasteiger partial charge in [0.05, 0.1) is 0 Å². The molecule has 0 rings (SSSR count). The van der Waals surface area contributed by atoms with Crippen molar-refractivity contribution in [3.8, 4) is 0 Å².